The summed E-state index contributed by atoms with van der Waals surface area (Å²) in [4.78, 5) is 5.73. The molecule has 4 nitrogen and oxygen atoms in total. The second-order valence-electron chi connectivity index (χ2n) is 1.83. The number of hydrogen-bond acceptors (Lipinski definition) is 5. The second kappa shape index (κ2) is 2.18. The predicted octanol–water partition coefficient (Wildman–Crippen LogP) is 0.186. The van der Waals surface area contributed by atoms with Crippen LogP contribution in [0.25, 0.3) is 0 Å². The van der Waals surface area contributed by atoms with Gasteiger partial charge in [0.2, 0.25) is 11.1 Å². The summed E-state index contributed by atoms with van der Waals surface area (Å²) in [5.41, 5.74) is 5.33. The van der Waals surface area contributed by atoms with E-state index in [2.05, 4.69) is 9.36 Å². The largest absolute Gasteiger partial charge is 0.374 e. The Labute approximate surface area is 57.5 Å². The summed E-state index contributed by atoms with van der Waals surface area (Å²) in [6.07, 6.45) is 0. The lowest BCUT2D eigenvalue weighted by Gasteiger charge is -2.03. The lowest BCUT2D eigenvalue weighted by atomic mass is 10.8. The first-order valence-corrected chi connectivity index (χ1v) is 3.24. The quantitative estimate of drug-likeness (QED) is 0.611. The number of rotatable bonds is 1. The van der Waals surface area contributed by atoms with Crippen LogP contribution in [0.4, 0.5) is 11.1 Å². The molecular formula is C4H8N4S. The normalized spacial score (nSPS) is 9.56. The highest BCUT2D eigenvalue weighted by Crippen LogP contribution is 2.11. The van der Waals surface area contributed by atoms with E-state index in [-0.39, 0.29) is 0 Å². The summed E-state index contributed by atoms with van der Waals surface area (Å²) < 4.78 is 3.95. The van der Waals surface area contributed by atoms with Gasteiger partial charge in [-0.25, -0.2) is 0 Å². The Morgan fingerprint density at radius 1 is 1.56 bits per heavy atom. The maximum Gasteiger partial charge on any atom is 0.238 e. The zero-order chi connectivity index (χ0) is 6.85. The topological polar surface area (TPSA) is 55.0 Å². The Morgan fingerprint density at radius 2 is 2.22 bits per heavy atom. The third-order valence-corrected chi connectivity index (χ3v) is 1.36. The molecule has 1 aromatic rings. The van der Waals surface area contributed by atoms with Crippen molar-refractivity contribution in [1.82, 2.24) is 9.36 Å². The van der Waals surface area contributed by atoms with E-state index in [0.29, 0.717) is 11.1 Å². The molecule has 2 N–H and O–H groups in total. The van der Waals surface area contributed by atoms with Crippen LogP contribution < -0.4 is 10.6 Å². The second-order valence-corrected chi connectivity index (χ2v) is 2.61. The Morgan fingerprint density at radius 3 is 2.44 bits per heavy atom. The SMILES string of the molecule is CN(C)c1nsc(N)n1. The molecule has 0 amide bonds. The van der Waals surface area contributed by atoms with Crippen molar-refractivity contribution in [1.29, 1.82) is 0 Å². The van der Waals surface area contributed by atoms with Crippen molar-refractivity contribution in [3.63, 3.8) is 0 Å². The van der Waals surface area contributed by atoms with Crippen LogP contribution in [0, 0.1) is 0 Å². The van der Waals surface area contributed by atoms with E-state index in [1.165, 1.54) is 11.5 Å². The monoisotopic (exact) mass is 144 g/mol. The van der Waals surface area contributed by atoms with Gasteiger partial charge in [0.15, 0.2) is 0 Å². The first-order valence-electron chi connectivity index (χ1n) is 2.46. The molecule has 9 heavy (non-hydrogen) atoms. The molecule has 0 fully saturated rings. The minimum absolute atomic E-state index is 0.513. The molecule has 50 valence electrons. The zero-order valence-corrected chi connectivity index (χ0v) is 6.14. The Bertz CT molecular complexity index is 194. The molecule has 5 heteroatoms. The fourth-order valence-corrected chi connectivity index (χ4v) is 0.910. The number of aromatic nitrogens is 2. The van der Waals surface area contributed by atoms with Gasteiger partial charge in [-0.15, -0.1) is 0 Å². The molecule has 1 rings (SSSR count). The van der Waals surface area contributed by atoms with Gasteiger partial charge in [0.1, 0.15) is 0 Å². The molecule has 1 heterocycles. The Balaban J connectivity index is 2.85. The summed E-state index contributed by atoms with van der Waals surface area (Å²) in [5.74, 6) is 0.678. The van der Waals surface area contributed by atoms with Gasteiger partial charge in [-0.05, 0) is 0 Å². The standard InChI is InChI=1S/C4H8N4S/c1-8(2)4-6-3(5)9-7-4/h1-2H3,(H2,5,6,7). The molecule has 0 saturated carbocycles. The molecule has 0 spiro atoms. The Kier molecular flexibility index (Phi) is 1.52. The number of anilines is 2. The molecule has 1 aromatic heterocycles. The third-order valence-electron chi connectivity index (χ3n) is 0.831. The molecule has 0 unspecified atom stereocenters. The summed E-state index contributed by atoms with van der Waals surface area (Å²) in [6.45, 7) is 0. The summed E-state index contributed by atoms with van der Waals surface area (Å²) in [5, 5.41) is 0.513. The molecule has 0 atom stereocenters. The van der Waals surface area contributed by atoms with Crippen LogP contribution >= 0.6 is 11.5 Å². The van der Waals surface area contributed by atoms with Crippen molar-refractivity contribution in [3.05, 3.63) is 0 Å². The minimum Gasteiger partial charge on any atom is -0.374 e. The van der Waals surface area contributed by atoms with Gasteiger partial charge in [0.05, 0.1) is 0 Å². The molecular weight excluding hydrogens is 136 g/mol. The van der Waals surface area contributed by atoms with Gasteiger partial charge < -0.3 is 10.6 Å². The number of hydrogen-bond donors (Lipinski definition) is 1. The average Bonchev–Trinajstić information content (AvgIpc) is 2.14. The van der Waals surface area contributed by atoms with Crippen molar-refractivity contribution < 1.29 is 0 Å². The van der Waals surface area contributed by atoms with Crippen molar-refractivity contribution in [2.45, 2.75) is 0 Å². The number of nitrogens with zero attached hydrogens (tertiary/aromatic N) is 3. The minimum atomic E-state index is 0.513. The molecule has 0 bridgehead atoms. The van der Waals surface area contributed by atoms with E-state index >= 15 is 0 Å². The molecule has 0 aromatic carbocycles. The highest BCUT2D eigenvalue weighted by Gasteiger charge is 1.99. The van der Waals surface area contributed by atoms with Crippen molar-refractivity contribution in [2.75, 3.05) is 24.7 Å². The summed E-state index contributed by atoms with van der Waals surface area (Å²) in [7, 11) is 3.75. The molecule has 0 aliphatic carbocycles. The third kappa shape index (κ3) is 1.29. The molecule has 0 aliphatic rings. The van der Waals surface area contributed by atoms with E-state index in [9.17, 15) is 0 Å². The van der Waals surface area contributed by atoms with E-state index in [1.54, 1.807) is 0 Å². The average molecular weight is 144 g/mol. The number of nitrogen functional groups attached to an aromatic ring is 1. The van der Waals surface area contributed by atoms with Crippen LogP contribution in [0.5, 0.6) is 0 Å². The van der Waals surface area contributed by atoms with Crippen molar-refractivity contribution in [2.24, 2.45) is 0 Å². The van der Waals surface area contributed by atoms with Crippen molar-refractivity contribution in [3.8, 4) is 0 Å². The van der Waals surface area contributed by atoms with Gasteiger partial charge in [0.25, 0.3) is 0 Å². The lowest BCUT2D eigenvalue weighted by molar-refractivity contribution is 1.05. The fraction of sp³-hybridized carbons (Fsp3) is 0.500. The maximum atomic E-state index is 5.33. The van der Waals surface area contributed by atoms with Crippen molar-refractivity contribution >= 4 is 22.6 Å². The van der Waals surface area contributed by atoms with E-state index < -0.39 is 0 Å². The van der Waals surface area contributed by atoms with Gasteiger partial charge in [-0.2, -0.15) is 9.36 Å². The van der Waals surface area contributed by atoms with Crippen LogP contribution in [0.3, 0.4) is 0 Å². The highest BCUT2D eigenvalue weighted by molar-refractivity contribution is 7.09. The molecule has 0 aliphatic heterocycles. The Hall–Kier alpha value is -0.840. The van der Waals surface area contributed by atoms with Crippen LogP contribution in [-0.2, 0) is 0 Å². The fourth-order valence-electron chi connectivity index (χ4n) is 0.409. The van der Waals surface area contributed by atoms with E-state index in [1.807, 2.05) is 19.0 Å². The van der Waals surface area contributed by atoms with E-state index in [4.69, 9.17) is 5.73 Å². The smallest absolute Gasteiger partial charge is 0.238 e. The molecule has 0 radical (unpaired) electrons. The zero-order valence-electron chi connectivity index (χ0n) is 5.33. The van der Waals surface area contributed by atoms with Crippen LogP contribution in [-0.4, -0.2) is 23.5 Å². The summed E-state index contributed by atoms with van der Waals surface area (Å²) >= 11 is 1.21. The van der Waals surface area contributed by atoms with Gasteiger partial charge >= 0.3 is 0 Å². The maximum absolute atomic E-state index is 5.33. The first kappa shape index (κ1) is 6.28. The van der Waals surface area contributed by atoms with E-state index in [0.717, 1.165) is 0 Å². The van der Waals surface area contributed by atoms with Crippen LogP contribution in [0.15, 0.2) is 0 Å². The molecule has 0 saturated heterocycles. The lowest BCUT2D eigenvalue weighted by Crippen LogP contribution is -2.10. The van der Waals surface area contributed by atoms with Gasteiger partial charge in [-0.1, -0.05) is 0 Å². The van der Waals surface area contributed by atoms with Crippen LogP contribution in [0.2, 0.25) is 0 Å². The summed E-state index contributed by atoms with van der Waals surface area (Å²) in [6, 6.07) is 0. The number of nitrogens with two attached hydrogens (primary N) is 1. The van der Waals surface area contributed by atoms with Gasteiger partial charge in [0, 0.05) is 25.6 Å². The predicted molar refractivity (Wildman–Crippen MR) is 38.6 cm³/mol. The highest BCUT2D eigenvalue weighted by atomic mass is 32.1. The van der Waals surface area contributed by atoms with Crippen LogP contribution in [0.1, 0.15) is 0 Å². The first-order chi connectivity index (χ1) is 4.20. The van der Waals surface area contributed by atoms with Gasteiger partial charge in [-0.3, -0.25) is 0 Å².